The number of H-pyrrole nitrogens is 1. The average Bonchev–Trinajstić information content (AvgIpc) is 3.49. The lowest BCUT2D eigenvalue weighted by molar-refractivity contribution is -0.110. The molecule has 0 unspecified atom stereocenters. The number of aryl methyl sites for hydroxylation is 1. The third-order valence-electron chi connectivity index (χ3n) is 7.93. The van der Waals surface area contributed by atoms with Crippen LogP contribution in [-0.2, 0) is 16.0 Å². The molecular formula is C29H20N4O8. The Bertz CT molecular complexity index is 2020. The van der Waals surface area contributed by atoms with Crippen molar-refractivity contribution in [1.82, 2.24) is 15.4 Å². The van der Waals surface area contributed by atoms with Gasteiger partial charge in [-0.2, -0.15) is 5.01 Å². The van der Waals surface area contributed by atoms with E-state index in [0.29, 0.717) is 22.8 Å². The molecule has 0 fully saturated rings. The van der Waals surface area contributed by atoms with Crippen molar-refractivity contribution in [1.29, 1.82) is 0 Å². The van der Waals surface area contributed by atoms with Crippen LogP contribution >= 0.6 is 0 Å². The van der Waals surface area contributed by atoms with Gasteiger partial charge in [0.25, 0.3) is 5.91 Å². The van der Waals surface area contributed by atoms with Gasteiger partial charge in [-0.05, 0) is 37.5 Å². The second-order valence-electron chi connectivity index (χ2n) is 9.97. The quantitative estimate of drug-likeness (QED) is 0.284. The lowest BCUT2D eigenvalue weighted by Gasteiger charge is -2.32. The zero-order valence-electron chi connectivity index (χ0n) is 21.6. The van der Waals surface area contributed by atoms with Gasteiger partial charge in [0.1, 0.15) is 23.0 Å². The molecule has 12 nitrogen and oxygen atoms in total. The van der Waals surface area contributed by atoms with E-state index < -0.39 is 46.1 Å². The van der Waals surface area contributed by atoms with Crippen LogP contribution in [0.4, 0.5) is 5.95 Å². The molecule has 41 heavy (non-hydrogen) atoms. The molecule has 2 aromatic carbocycles. The number of hydrazine groups is 1. The predicted molar refractivity (Wildman–Crippen MR) is 141 cm³/mol. The van der Waals surface area contributed by atoms with Gasteiger partial charge in [-0.3, -0.25) is 24.6 Å². The zero-order chi connectivity index (χ0) is 28.9. The van der Waals surface area contributed by atoms with Crippen molar-refractivity contribution in [2.24, 2.45) is 0 Å². The highest BCUT2D eigenvalue weighted by molar-refractivity contribution is 6.48. The highest BCUT2D eigenvalue weighted by Crippen LogP contribution is 2.46. The second-order valence-corrected chi connectivity index (χ2v) is 9.97. The Hall–Kier alpha value is -5.65. The fourth-order valence-corrected chi connectivity index (χ4v) is 6.00. The number of hydrogen-bond donors (Lipinski definition) is 5. The lowest BCUT2D eigenvalue weighted by Crippen LogP contribution is -2.48. The van der Waals surface area contributed by atoms with Gasteiger partial charge in [-0.1, -0.05) is 0 Å². The number of rotatable bonds is 2. The van der Waals surface area contributed by atoms with Crippen LogP contribution in [0.5, 0.6) is 17.2 Å². The number of carbonyl (C=O) groups excluding carboxylic acids is 4. The number of Topliss-reactive ketones (excluding diaryl/α,β-unsaturated/α-hetero) is 3. The molecule has 7 rings (SSSR count). The van der Waals surface area contributed by atoms with E-state index >= 15 is 0 Å². The average molecular weight is 552 g/mol. The Morgan fingerprint density at radius 2 is 1.71 bits per heavy atom. The van der Waals surface area contributed by atoms with Crippen LogP contribution in [-0.4, -0.2) is 55.7 Å². The Kier molecular flexibility index (Phi) is 4.87. The molecule has 0 saturated carbocycles. The molecule has 0 saturated heterocycles. The number of aromatic nitrogens is 2. The first-order valence-electron chi connectivity index (χ1n) is 12.6. The Balaban J connectivity index is 1.51. The molecule has 204 valence electrons. The maximum Gasteiger partial charge on any atom is 0.283 e. The van der Waals surface area contributed by atoms with Crippen LogP contribution in [0.1, 0.15) is 48.6 Å². The number of amides is 1. The zero-order valence-corrected chi connectivity index (χ0v) is 21.6. The summed E-state index contributed by atoms with van der Waals surface area (Å²) in [5.41, 5.74) is 2.14. The van der Waals surface area contributed by atoms with E-state index in [4.69, 9.17) is 4.74 Å². The normalized spacial score (nSPS) is 17.4. The molecule has 1 aliphatic heterocycles. The van der Waals surface area contributed by atoms with Crippen LogP contribution in [0.15, 0.2) is 47.0 Å². The summed E-state index contributed by atoms with van der Waals surface area (Å²) < 4.78 is 5.62. The number of benzene rings is 2. The van der Waals surface area contributed by atoms with Crippen LogP contribution in [0.2, 0.25) is 0 Å². The number of anilines is 1. The highest BCUT2D eigenvalue weighted by Gasteiger charge is 2.47. The van der Waals surface area contributed by atoms with Crippen molar-refractivity contribution in [2.75, 3.05) is 12.1 Å². The molecule has 1 amide bonds. The van der Waals surface area contributed by atoms with E-state index in [1.54, 1.807) is 6.07 Å². The fraction of sp³-hybridized carbons (Fsp3) is 0.138. The maximum absolute atomic E-state index is 14.1. The van der Waals surface area contributed by atoms with Gasteiger partial charge in [0.2, 0.25) is 11.7 Å². The molecule has 3 aromatic rings. The molecule has 1 aromatic heterocycles. The fourth-order valence-electron chi connectivity index (χ4n) is 6.00. The minimum atomic E-state index is -0.881. The summed E-state index contributed by atoms with van der Waals surface area (Å²) in [6.07, 6.45) is 5.08. The number of carbonyl (C=O) groups is 4. The molecule has 0 radical (unpaired) electrons. The summed E-state index contributed by atoms with van der Waals surface area (Å²) in [5.74, 6) is -4.42. The lowest BCUT2D eigenvalue weighted by atomic mass is 9.71. The van der Waals surface area contributed by atoms with Gasteiger partial charge < -0.3 is 25.0 Å². The summed E-state index contributed by atoms with van der Waals surface area (Å²) in [4.78, 5) is 61.9. The van der Waals surface area contributed by atoms with E-state index in [1.807, 2.05) is 0 Å². The third kappa shape index (κ3) is 3.01. The number of nitrogens with one attached hydrogen (secondary N) is 2. The van der Waals surface area contributed by atoms with Crippen molar-refractivity contribution in [2.45, 2.75) is 19.8 Å². The molecular weight excluding hydrogens is 532 g/mol. The van der Waals surface area contributed by atoms with Gasteiger partial charge in [0, 0.05) is 51.3 Å². The molecule has 0 spiro atoms. The van der Waals surface area contributed by atoms with Crippen LogP contribution in [0.25, 0.3) is 11.8 Å². The van der Waals surface area contributed by atoms with Gasteiger partial charge in [0.15, 0.2) is 11.6 Å². The largest absolute Gasteiger partial charge is 0.508 e. The Morgan fingerprint density at radius 3 is 2.41 bits per heavy atom. The van der Waals surface area contributed by atoms with Gasteiger partial charge in [-0.15, -0.1) is 0 Å². The number of methoxy groups -OCH3 is 1. The molecule has 0 atom stereocenters. The summed E-state index contributed by atoms with van der Waals surface area (Å²) in [6.45, 7) is 1.39. The summed E-state index contributed by atoms with van der Waals surface area (Å²) in [5, 5.41) is 34.1. The first-order valence-corrected chi connectivity index (χ1v) is 12.6. The number of allylic oxidation sites excluding steroid dienone is 3. The molecule has 2 heterocycles. The SMILES string of the molecule is COC1=C2CCc3cc4c(c(O)c3=C2C(=O)C2=C1C(=O)c1c(cc(O)c(C)c1O)C2=O)C(=O)N(c1ncc[nH]1)NC=4. The Morgan fingerprint density at radius 1 is 0.927 bits per heavy atom. The number of aromatic hydroxyl groups is 3. The monoisotopic (exact) mass is 552 g/mol. The number of phenols is 3. The molecule has 5 N–H and O–H groups in total. The summed E-state index contributed by atoms with van der Waals surface area (Å²) in [6, 6.07) is 2.73. The van der Waals surface area contributed by atoms with E-state index in [2.05, 4.69) is 15.4 Å². The number of imidazole rings is 1. The van der Waals surface area contributed by atoms with Gasteiger partial charge in [0.05, 0.1) is 29.4 Å². The topological polar surface area (TPSA) is 182 Å². The van der Waals surface area contributed by atoms with Crippen molar-refractivity contribution >= 4 is 41.0 Å². The van der Waals surface area contributed by atoms with Gasteiger partial charge >= 0.3 is 0 Å². The minimum absolute atomic E-state index is 0.0100. The molecule has 12 heteroatoms. The third-order valence-corrected chi connectivity index (χ3v) is 7.93. The van der Waals surface area contributed by atoms with Crippen LogP contribution in [0, 0.1) is 6.92 Å². The molecule has 0 bridgehead atoms. The second kappa shape index (κ2) is 8.18. The van der Waals surface area contributed by atoms with Crippen molar-refractivity contribution in [3.05, 3.63) is 85.3 Å². The molecule has 4 aliphatic rings. The molecule has 3 aliphatic carbocycles. The number of hydrogen-bond acceptors (Lipinski definition) is 10. The van der Waals surface area contributed by atoms with E-state index in [1.165, 1.54) is 32.6 Å². The number of fused-ring (bicyclic) bond motifs is 4. The maximum atomic E-state index is 14.1. The van der Waals surface area contributed by atoms with Crippen LogP contribution in [0.3, 0.4) is 0 Å². The van der Waals surface area contributed by atoms with Crippen molar-refractivity contribution in [3.8, 4) is 17.2 Å². The standard InChI is InChI=1S/C29H20N4O8/c1-10-15(34)8-14-19(22(10)35)26(39)21-20(23(14)36)25(38)18-13(27(21)41-2)4-3-11-7-12-9-32-33(29-30-5-6-31-29)28(40)17(12)24(37)16(11)18/h5-9,32,34-35,37H,3-4H2,1-2H3,(H,30,31). The number of phenolic OH excluding ortho intramolecular Hbond substituents is 3. The van der Waals surface area contributed by atoms with E-state index in [9.17, 15) is 34.5 Å². The number of aromatic amines is 1. The summed E-state index contributed by atoms with van der Waals surface area (Å²) >= 11 is 0. The van der Waals surface area contributed by atoms with Crippen LogP contribution < -0.4 is 20.9 Å². The Labute approximate surface area is 230 Å². The number of ether oxygens (including phenoxy) is 1. The van der Waals surface area contributed by atoms with E-state index in [-0.39, 0.29) is 56.7 Å². The first-order chi connectivity index (χ1) is 19.6. The minimum Gasteiger partial charge on any atom is -0.508 e. The number of ketones is 3. The smallest absolute Gasteiger partial charge is 0.283 e. The van der Waals surface area contributed by atoms with E-state index in [0.717, 1.165) is 11.1 Å². The van der Waals surface area contributed by atoms with Gasteiger partial charge in [-0.25, -0.2) is 4.98 Å². The predicted octanol–water partition coefficient (Wildman–Crippen LogP) is 0.694. The van der Waals surface area contributed by atoms with Crippen molar-refractivity contribution in [3.63, 3.8) is 0 Å². The first kappa shape index (κ1) is 24.4. The highest BCUT2D eigenvalue weighted by atomic mass is 16.5. The number of nitrogens with zero attached hydrogens (tertiary/aromatic N) is 2. The van der Waals surface area contributed by atoms with Crippen molar-refractivity contribution < 1.29 is 39.2 Å². The summed E-state index contributed by atoms with van der Waals surface area (Å²) in [7, 11) is 1.29.